The SMILES string of the molecule is CCOCC12CCC(C)(O)CC1CCC1C3CCC(C(=O)Cn4nnnc4C)C3(C)CCC12. The van der Waals surface area contributed by atoms with Crippen LogP contribution in [0.5, 0.6) is 0 Å². The van der Waals surface area contributed by atoms with Crippen LogP contribution in [0.3, 0.4) is 0 Å². The number of rotatable bonds is 6. The summed E-state index contributed by atoms with van der Waals surface area (Å²) in [4.78, 5) is 13.4. The Bertz CT molecular complexity index is 885. The van der Waals surface area contributed by atoms with Crippen LogP contribution in [-0.2, 0) is 16.1 Å². The average molecular weight is 459 g/mol. The molecule has 33 heavy (non-hydrogen) atoms. The van der Waals surface area contributed by atoms with Gasteiger partial charge in [-0.05, 0) is 123 Å². The molecule has 0 bridgehead atoms. The van der Waals surface area contributed by atoms with Crippen LogP contribution in [0, 0.1) is 47.3 Å². The number of carbonyl (C=O) groups is 1. The third-order valence-corrected chi connectivity index (χ3v) is 10.6. The second-order valence-corrected chi connectivity index (χ2v) is 12.2. The van der Waals surface area contributed by atoms with Gasteiger partial charge < -0.3 is 9.84 Å². The van der Waals surface area contributed by atoms with E-state index in [4.69, 9.17) is 4.74 Å². The molecular weight excluding hydrogens is 416 g/mol. The first kappa shape index (κ1) is 23.4. The van der Waals surface area contributed by atoms with Gasteiger partial charge in [-0.15, -0.1) is 5.10 Å². The number of ether oxygens (including phenoxy) is 1. The van der Waals surface area contributed by atoms with Gasteiger partial charge in [0, 0.05) is 12.5 Å². The van der Waals surface area contributed by atoms with Crippen LogP contribution in [0.2, 0.25) is 0 Å². The third kappa shape index (κ3) is 3.78. The number of tetrazole rings is 1. The highest BCUT2D eigenvalue weighted by Crippen LogP contribution is 2.68. The standard InChI is InChI=1S/C26H42N4O3/c1-5-33-16-26-13-12-24(3,32)14-18(26)6-7-19-20-8-9-22(25(20,4)11-10-21(19)26)23(31)15-30-17(2)27-28-29-30/h18-22,32H,5-16H2,1-4H3. The van der Waals surface area contributed by atoms with Crippen LogP contribution in [0.1, 0.15) is 84.4 Å². The maximum atomic E-state index is 13.4. The summed E-state index contributed by atoms with van der Waals surface area (Å²) in [5, 5.41) is 22.5. The number of hydrogen-bond donors (Lipinski definition) is 1. The first-order chi connectivity index (χ1) is 15.7. The van der Waals surface area contributed by atoms with Crippen molar-refractivity contribution in [2.24, 2.45) is 40.4 Å². The van der Waals surface area contributed by atoms with Crippen LogP contribution < -0.4 is 0 Å². The topological polar surface area (TPSA) is 90.1 Å². The summed E-state index contributed by atoms with van der Waals surface area (Å²) in [5.74, 6) is 3.63. The fourth-order valence-corrected chi connectivity index (χ4v) is 8.99. The van der Waals surface area contributed by atoms with Crippen LogP contribution in [-0.4, -0.2) is 49.9 Å². The van der Waals surface area contributed by atoms with Crippen LogP contribution in [0.15, 0.2) is 0 Å². The largest absolute Gasteiger partial charge is 0.390 e. The van der Waals surface area contributed by atoms with Crippen molar-refractivity contribution >= 4 is 5.78 Å². The number of hydrogen-bond acceptors (Lipinski definition) is 6. The zero-order valence-corrected chi connectivity index (χ0v) is 20.9. The molecule has 4 fully saturated rings. The molecule has 0 saturated heterocycles. The number of aryl methyl sites for hydroxylation is 1. The monoisotopic (exact) mass is 458 g/mol. The van der Waals surface area contributed by atoms with Crippen molar-refractivity contribution in [3.63, 3.8) is 0 Å². The highest BCUT2D eigenvalue weighted by molar-refractivity contribution is 5.82. The van der Waals surface area contributed by atoms with E-state index in [-0.39, 0.29) is 16.7 Å². The van der Waals surface area contributed by atoms with E-state index in [9.17, 15) is 9.90 Å². The van der Waals surface area contributed by atoms with Crippen molar-refractivity contribution in [1.82, 2.24) is 20.2 Å². The molecule has 5 rings (SSSR count). The molecule has 4 aliphatic carbocycles. The Morgan fingerprint density at radius 3 is 2.67 bits per heavy atom. The lowest BCUT2D eigenvalue weighted by Crippen LogP contribution is -2.58. The van der Waals surface area contributed by atoms with Gasteiger partial charge in [-0.3, -0.25) is 4.79 Å². The third-order valence-electron chi connectivity index (χ3n) is 10.6. The summed E-state index contributed by atoms with van der Waals surface area (Å²) in [6.45, 7) is 10.3. The molecule has 7 nitrogen and oxygen atoms in total. The van der Waals surface area contributed by atoms with Gasteiger partial charge in [-0.2, -0.15) is 0 Å². The minimum Gasteiger partial charge on any atom is -0.390 e. The predicted octanol–water partition coefficient (Wildman–Crippen LogP) is 3.98. The molecule has 7 heteroatoms. The zero-order chi connectivity index (χ0) is 23.4. The van der Waals surface area contributed by atoms with E-state index in [2.05, 4.69) is 29.4 Å². The van der Waals surface area contributed by atoms with Gasteiger partial charge >= 0.3 is 0 Å². The van der Waals surface area contributed by atoms with Crippen molar-refractivity contribution < 1.29 is 14.6 Å². The number of Topliss-reactive ketones (excluding diaryl/α,β-unsaturated/α-hetero) is 1. The Morgan fingerprint density at radius 1 is 1.12 bits per heavy atom. The van der Waals surface area contributed by atoms with Crippen molar-refractivity contribution in [1.29, 1.82) is 0 Å². The molecule has 4 saturated carbocycles. The lowest BCUT2D eigenvalue weighted by atomic mass is 9.43. The minimum atomic E-state index is -0.532. The Balaban J connectivity index is 1.38. The van der Waals surface area contributed by atoms with Gasteiger partial charge in [0.25, 0.3) is 0 Å². The highest BCUT2D eigenvalue weighted by atomic mass is 16.5. The Morgan fingerprint density at radius 2 is 1.94 bits per heavy atom. The Hall–Kier alpha value is -1.34. The molecule has 1 aromatic rings. The molecule has 0 amide bonds. The lowest BCUT2D eigenvalue weighted by Gasteiger charge is -2.62. The van der Waals surface area contributed by atoms with E-state index < -0.39 is 5.60 Å². The number of ketones is 1. The average Bonchev–Trinajstić information content (AvgIpc) is 3.34. The van der Waals surface area contributed by atoms with E-state index in [1.54, 1.807) is 4.68 Å². The van der Waals surface area contributed by atoms with Crippen molar-refractivity contribution in [3.8, 4) is 0 Å². The first-order valence-corrected chi connectivity index (χ1v) is 13.3. The molecule has 0 radical (unpaired) electrons. The molecule has 1 heterocycles. The number of nitrogens with zero attached hydrogens (tertiary/aromatic N) is 4. The van der Waals surface area contributed by atoms with Crippen molar-refractivity contribution in [2.45, 2.75) is 97.6 Å². The molecule has 1 aromatic heterocycles. The number of aliphatic hydroxyl groups is 1. The normalized spacial score (nSPS) is 44.7. The second kappa shape index (κ2) is 8.40. The van der Waals surface area contributed by atoms with Gasteiger partial charge in [0.15, 0.2) is 5.78 Å². The fourth-order valence-electron chi connectivity index (χ4n) is 8.99. The maximum absolute atomic E-state index is 13.4. The highest BCUT2D eigenvalue weighted by Gasteiger charge is 2.63. The maximum Gasteiger partial charge on any atom is 0.158 e. The van der Waals surface area contributed by atoms with Gasteiger partial charge in [0.2, 0.25) is 0 Å². The van der Waals surface area contributed by atoms with E-state index >= 15 is 0 Å². The summed E-state index contributed by atoms with van der Waals surface area (Å²) >= 11 is 0. The molecule has 0 aliphatic heterocycles. The molecule has 4 aliphatic rings. The predicted molar refractivity (Wildman–Crippen MR) is 124 cm³/mol. The molecule has 0 spiro atoms. The molecule has 184 valence electrons. The van der Waals surface area contributed by atoms with E-state index in [0.29, 0.717) is 41.8 Å². The van der Waals surface area contributed by atoms with Gasteiger partial charge in [0.1, 0.15) is 12.4 Å². The minimum absolute atomic E-state index is 0.0833. The van der Waals surface area contributed by atoms with E-state index in [0.717, 1.165) is 51.7 Å². The molecule has 0 aromatic carbocycles. The fraction of sp³-hybridized carbons (Fsp3) is 0.923. The van der Waals surface area contributed by atoms with E-state index in [1.165, 1.54) is 19.3 Å². The Labute approximate surface area is 198 Å². The smallest absolute Gasteiger partial charge is 0.158 e. The summed E-state index contributed by atoms with van der Waals surface area (Å²) < 4.78 is 7.81. The molecular formula is C26H42N4O3. The molecule has 8 atom stereocenters. The van der Waals surface area contributed by atoms with Crippen molar-refractivity contribution in [2.75, 3.05) is 13.2 Å². The van der Waals surface area contributed by atoms with Crippen LogP contribution >= 0.6 is 0 Å². The molecule has 1 N–H and O–H groups in total. The quantitative estimate of drug-likeness (QED) is 0.694. The number of fused-ring (bicyclic) bond motifs is 5. The van der Waals surface area contributed by atoms with Crippen molar-refractivity contribution in [3.05, 3.63) is 5.82 Å². The first-order valence-electron chi connectivity index (χ1n) is 13.3. The van der Waals surface area contributed by atoms with Gasteiger partial charge in [-0.1, -0.05) is 6.92 Å². The second-order valence-electron chi connectivity index (χ2n) is 12.2. The number of aromatic nitrogens is 4. The Kier molecular flexibility index (Phi) is 5.96. The number of carbonyl (C=O) groups excluding carboxylic acids is 1. The summed E-state index contributed by atoms with van der Waals surface area (Å²) in [5.41, 5.74) is -0.246. The van der Waals surface area contributed by atoms with Crippen LogP contribution in [0.4, 0.5) is 0 Å². The lowest BCUT2D eigenvalue weighted by molar-refractivity contribution is -0.178. The summed E-state index contributed by atoms with van der Waals surface area (Å²) in [6, 6.07) is 0. The van der Waals surface area contributed by atoms with Gasteiger partial charge in [-0.25, -0.2) is 4.68 Å². The zero-order valence-electron chi connectivity index (χ0n) is 20.9. The summed E-state index contributed by atoms with van der Waals surface area (Å²) in [7, 11) is 0. The van der Waals surface area contributed by atoms with Crippen LogP contribution in [0.25, 0.3) is 0 Å². The summed E-state index contributed by atoms with van der Waals surface area (Å²) in [6.07, 6.45) is 9.79. The van der Waals surface area contributed by atoms with Gasteiger partial charge in [0.05, 0.1) is 12.2 Å². The molecule has 8 unspecified atom stereocenters. The van der Waals surface area contributed by atoms with E-state index in [1.807, 2.05) is 13.8 Å².